The van der Waals surface area contributed by atoms with Gasteiger partial charge >= 0.3 is 12.0 Å². The van der Waals surface area contributed by atoms with Crippen LogP contribution in [0.1, 0.15) is 52.6 Å². The van der Waals surface area contributed by atoms with Crippen molar-refractivity contribution >= 4 is 23.6 Å². The highest BCUT2D eigenvalue weighted by Gasteiger charge is 2.33. The van der Waals surface area contributed by atoms with Crippen LogP contribution in [0.2, 0.25) is 5.02 Å². The number of ether oxygens (including phenoxy) is 3. The Morgan fingerprint density at radius 3 is 2.57 bits per heavy atom. The highest BCUT2D eigenvalue weighted by molar-refractivity contribution is 6.32. The van der Waals surface area contributed by atoms with Crippen LogP contribution in [0.3, 0.4) is 0 Å². The van der Waals surface area contributed by atoms with Crippen LogP contribution in [0.25, 0.3) is 0 Å². The molecule has 2 N–H and O–H groups in total. The molecule has 0 saturated carbocycles. The van der Waals surface area contributed by atoms with Crippen LogP contribution in [0.4, 0.5) is 4.79 Å². The first-order valence-corrected chi connectivity index (χ1v) is 9.74. The highest BCUT2D eigenvalue weighted by atomic mass is 35.5. The number of urea groups is 1. The predicted octanol–water partition coefficient (Wildman–Crippen LogP) is 4.11. The molecule has 2 rings (SSSR count). The molecule has 0 fully saturated rings. The summed E-state index contributed by atoms with van der Waals surface area (Å²) >= 11 is 6.44. The van der Waals surface area contributed by atoms with Crippen molar-refractivity contribution in [1.82, 2.24) is 10.6 Å². The van der Waals surface area contributed by atoms with Gasteiger partial charge in [-0.05, 0) is 51.8 Å². The van der Waals surface area contributed by atoms with Gasteiger partial charge in [-0.1, -0.05) is 18.5 Å². The number of rotatable bonds is 8. The van der Waals surface area contributed by atoms with Crippen LogP contribution in [-0.2, 0) is 9.53 Å². The molecule has 28 heavy (non-hydrogen) atoms. The van der Waals surface area contributed by atoms with Gasteiger partial charge in [0, 0.05) is 5.70 Å². The molecule has 1 aliphatic heterocycles. The number of hydrogen-bond donors (Lipinski definition) is 2. The monoisotopic (exact) mass is 410 g/mol. The molecule has 2 amide bonds. The SMILES string of the molecule is CCCOc1c(Cl)cc(C2NC(=O)NC(C)=C2C(=O)OC(C)C)cc1OCC. The highest BCUT2D eigenvalue weighted by Crippen LogP contribution is 2.40. The van der Waals surface area contributed by atoms with Crippen molar-refractivity contribution in [3.8, 4) is 11.5 Å². The maximum absolute atomic E-state index is 12.7. The van der Waals surface area contributed by atoms with E-state index in [1.54, 1.807) is 32.9 Å². The number of nitrogens with one attached hydrogen (secondary N) is 2. The van der Waals surface area contributed by atoms with E-state index in [2.05, 4.69) is 10.6 Å². The molecule has 1 aliphatic rings. The summed E-state index contributed by atoms with van der Waals surface area (Å²) in [5.41, 5.74) is 1.34. The van der Waals surface area contributed by atoms with Crippen molar-refractivity contribution in [3.05, 3.63) is 34.0 Å². The fourth-order valence-corrected chi connectivity index (χ4v) is 3.13. The third kappa shape index (κ3) is 5.10. The minimum absolute atomic E-state index is 0.293. The first kappa shape index (κ1) is 21.9. The van der Waals surface area contributed by atoms with Gasteiger partial charge in [-0.25, -0.2) is 9.59 Å². The van der Waals surface area contributed by atoms with Gasteiger partial charge in [0.05, 0.1) is 36.0 Å². The second-order valence-electron chi connectivity index (χ2n) is 6.64. The van der Waals surface area contributed by atoms with Crippen molar-refractivity contribution in [2.45, 2.75) is 53.2 Å². The lowest BCUT2D eigenvalue weighted by Gasteiger charge is -2.29. The zero-order chi connectivity index (χ0) is 20.8. The minimum atomic E-state index is -0.725. The maximum Gasteiger partial charge on any atom is 0.338 e. The fraction of sp³-hybridized carbons (Fsp3) is 0.500. The molecule has 154 valence electrons. The Balaban J connectivity index is 2.51. The number of allylic oxidation sites excluding steroid dienone is 1. The summed E-state index contributed by atoms with van der Waals surface area (Å²) < 4.78 is 16.8. The summed E-state index contributed by atoms with van der Waals surface area (Å²) in [4.78, 5) is 24.7. The quantitative estimate of drug-likeness (QED) is 0.630. The van der Waals surface area contributed by atoms with Crippen molar-refractivity contribution < 1.29 is 23.8 Å². The number of esters is 1. The van der Waals surface area contributed by atoms with E-state index in [0.29, 0.717) is 46.6 Å². The van der Waals surface area contributed by atoms with Gasteiger partial charge < -0.3 is 24.8 Å². The molecular formula is C20H27ClN2O5. The normalized spacial score (nSPS) is 16.5. The van der Waals surface area contributed by atoms with E-state index in [9.17, 15) is 9.59 Å². The first-order chi connectivity index (χ1) is 13.3. The molecular weight excluding hydrogens is 384 g/mol. The van der Waals surface area contributed by atoms with Crippen molar-refractivity contribution in [2.75, 3.05) is 13.2 Å². The van der Waals surface area contributed by atoms with Gasteiger partial charge in [-0.15, -0.1) is 0 Å². The van der Waals surface area contributed by atoms with Gasteiger partial charge in [0.1, 0.15) is 0 Å². The van der Waals surface area contributed by atoms with Crippen LogP contribution < -0.4 is 20.1 Å². The Kier molecular flexibility index (Phi) is 7.57. The van der Waals surface area contributed by atoms with Gasteiger partial charge in [-0.3, -0.25) is 0 Å². The fourth-order valence-electron chi connectivity index (χ4n) is 2.85. The maximum atomic E-state index is 12.7. The van der Waals surface area contributed by atoms with Gasteiger partial charge in [0.15, 0.2) is 11.5 Å². The van der Waals surface area contributed by atoms with Crippen LogP contribution >= 0.6 is 11.6 Å². The summed E-state index contributed by atoms with van der Waals surface area (Å²) in [6.07, 6.45) is 0.527. The summed E-state index contributed by atoms with van der Waals surface area (Å²) in [5.74, 6) is 0.396. The molecule has 0 aromatic heterocycles. The third-order valence-electron chi connectivity index (χ3n) is 3.95. The van der Waals surface area contributed by atoms with E-state index >= 15 is 0 Å². The molecule has 8 heteroatoms. The smallest absolute Gasteiger partial charge is 0.338 e. The molecule has 0 saturated heterocycles. The largest absolute Gasteiger partial charge is 0.490 e. The third-order valence-corrected chi connectivity index (χ3v) is 4.23. The van der Waals surface area contributed by atoms with Crippen LogP contribution in [0.15, 0.2) is 23.4 Å². The standard InChI is InChI=1S/C20H27ClN2O5/c1-6-8-27-18-14(21)9-13(10-15(18)26-7-2)17-16(19(24)28-11(3)4)12(5)22-20(25)23-17/h9-11,17H,6-8H2,1-5H3,(H2,22,23,25). The average molecular weight is 411 g/mol. The topological polar surface area (TPSA) is 85.9 Å². The number of hydrogen-bond acceptors (Lipinski definition) is 5. The van der Waals surface area contributed by atoms with E-state index in [4.69, 9.17) is 25.8 Å². The first-order valence-electron chi connectivity index (χ1n) is 9.36. The molecule has 7 nitrogen and oxygen atoms in total. The molecule has 0 aliphatic carbocycles. The lowest BCUT2D eigenvalue weighted by Crippen LogP contribution is -2.45. The Labute approximate surface area is 170 Å². The molecule has 1 atom stereocenters. The number of amides is 2. The van der Waals surface area contributed by atoms with Crippen LogP contribution in [0, 0.1) is 0 Å². The Morgan fingerprint density at radius 2 is 1.96 bits per heavy atom. The molecule has 1 unspecified atom stereocenters. The second-order valence-corrected chi connectivity index (χ2v) is 7.04. The number of halogens is 1. The Morgan fingerprint density at radius 1 is 1.25 bits per heavy atom. The van der Waals surface area contributed by atoms with Crippen LogP contribution in [0.5, 0.6) is 11.5 Å². The lowest BCUT2D eigenvalue weighted by molar-refractivity contribution is -0.143. The second kappa shape index (κ2) is 9.68. The zero-order valence-electron chi connectivity index (χ0n) is 16.8. The average Bonchev–Trinajstić information content (AvgIpc) is 2.59. The summed E-state index contributed by atoms with van der Waals surface area (Å²) in [6, 6.07) is 2.26. The lowest BCUT2D eigenvalue weighted by atomic mass is 9.95. The molecule has 1 aromatic carbocycles. The van der Waals surface area contributed by atoms with Crippen molar-refractivity contribution in [3.63, 3.8) is 0 Å². The Hall–Kier alpha value is -2.41. The van der Waals surface area contributed by atoms with Gasteiger partial charge in [0.2, 0.25) is 0 Å². The zero-order valence-corrected chi connectivity index (χ0v) is 17.6. The molecule has 0 bridgehead atoms. The summed E-state index contributed by atoms with van der Waals surface area (Å²) in [6.45, 7) is 9.95. The summed E-state index contributed by atoms with van der Waals surface area (Å²) in [5, 5.41) is 5.72. The number of carbonyl (C=O) groups is 2. The van der Waals surface area contributed by atoms with Crippen molar-refractivity contribution in [1.29, 1.82) is 0 Å². The van der Waals surface area contributed by atoms with Crippen molar-refractivity contribution in [2.24, 2.45) is 0 Å². The number of carbonyl (C=O) groups excluding carboxylic acids is 2. The molecule has 0 spiro atoms. The summed E-state index contributed by atoms with van der Waals surface area (Å²) in [7, 11) is 0. The minimum Gasteiger partial charge on any atom is -0.490 e. The van der Waals surface area contributed by atoms with Crippen LogP contribution in [-0.4, -0.2) is 31.3 Å². The predicted molar refractivity (Wildman–Crippen MR) is 107 cm³/mol. The van der Waals surface area contributed by atoms with E-state index in [0.717, 1.165) is 6.42 Å². The van der Waals surface area contributed by atoms with Gasteiger partial charge in [-0.2, -0.15) is 0 Å². The molecule has 1 heterocycles. The van der Waals surface area contributed by atoms with E-state index < -0.39 is 18.0 Å². The molecule has 0 radical (unpaired) electrons. The number of benzene rings is 1. The van der Waals surface area contributed by atoms with E-state index in [-0.39, 0.29) is 6.10 Å². The van der Waals surface area contributed by atoms with E-state index in [1.165, 1.54) is 0 Å². The Bertz CT molecular complexity index is 776. The van der Waals surface area contributed by atoms with E-state index in [1.807, 2.05) is 13.8 Å². The van der Waals surface area contributed by atoms with Gasteiger partial charge in [0.25, 0.3) is 0 Å². The molecule has 1 aromatic rings.